The molecular weight excluding hydrogens is 452 g/mol. The van der Waals surface area contributed by atoms with Gasteiger partial charge in [-0.2, -0.15) is 0 Å². The van der Waals surface area contributed by atoms with E-state index in [0.717, 1.165) is 22.2 Å². The molecule has 0 atom stereocenters. The summed E-state index contributed by atoms with van der Waals surface area (Å²) < 4.78 is 0. The SMILES string of the molecule is CC(=O)c1ccc(N2CCN(C(=O)c3[nH]c4ccccc4c3NC(=O)c3ccc(C)cc3)CC2)cc1. The number of benzene rings is 3. The molecule has 0 radical (unpaired) electrons. The van der Waals surface area contributed by atoms with Crippen LogP contribution >= 0.6 is 0 Å². The summed E-state index contributed by atoms with van der Waals surface area (Å²) in [4.78, 5) is 45.4. The lowest BCUT2D eigenvalue weighted by Crippen LogP contribution is -2.49. The van der Waals surface area contributed by atoms with E-state index in [9.17, 15) is 14.4 Å². The number of aryl methyl sites for hydroxylation is 1. The number of amides is 2. The molecule has 3 aromatic carbocycles. The Morgan fingerprint density at radius 2 is 1.44 bits per heavy atom. The van der Waals surface area contributed by atoms with Crippen LogP contribution < -0.4 is 10.2 Å². The van der Waals surface area contributed by atoms with E-state index in [-0.39, 0.29) is 17.6 Å². The minimum absolute atomic E-state index is 0.0422. The van der Waals surface area contributed by atoms with Gasteiger partial charge in [0.15, 0.2) is 5.78 Å². The number of para-hydroxylation sites is 1. The quantitative estimate of drug-likeness (QED) is 0.398. The molecule has 2 amide bonds. The van der Waals surface area contributed by atoms with E-state index >= 15 is 0 Å². The van der Waals surface area contributed by atoms with Crippen LogP contribution in [0.4, 0.5) is 11.4 Å². The van der Waals surface area contributed by atoms with E-state index in [1.807, 2.05) is 72.5 Å². The molecule has 2 heterocycles. The monoisotopic (exact) mass is 480 g/mol. The number of fused-ring (bicyclic) bond motifs is 1. The van der Waals surface area contributed by atoms with Crippen LogP contribution in [0.25, 0.3) is 10.9 Å². The Hall–Kier alpha value is -4.39. The summed E-state index contributed by atoms with van der Waals surface area (Å²) in [6, 6.07) is 22.5. The molecule has 0 bridgehead atoms. The van der Waals surface area contributed by atoms with Gasteiger partial charge in [0.25, 0.3) is 11.8 Å². The van der Waals surface area contributed by atoms with Gasteiger partial charge >= 0.3 is 0 Å². The third-order valence-corrected chi connectivity index (χ3v) is 6.68. The van der Waals surface area contributed by atoms with Crippen LogP contribution in [0.3, 0.4) is 0 Å². The van der Waals surface area contributed by atoms with Gasteiger partial charge in [-0.05, 0) is 56.3 Å². The predicted molar refractivity (Wildman–Crippen MR) is 142 cm³/mol. The maximum atomic E-state index is 13.6. The van der Waals surface area contributed by atoms with Crippen LogP contribution in [0.15, 0.2) is 72.8 Å². The van der Waals surface area contributed by atoms with Crippen molar-refractivity contribution in [2.75, 3.05) is 36.4 Å². The average Bonchev–Trinajstić information content (AvgIpc) is 3.27. The Bertz CT molecular complexity index is 1430. The normalized spacial score (nSPS) is 13.6. The second-order valence-corrected chi connectivity index (χ2v) is 9.12. The van der Waals surface area contributed by atoms with Crippen LogP contribution in [0.1, 0.15) is 43.7 Å². The van der Waals surface area contributed by atoms with Gasteiger partial charge in [0.1, 0.15) is 5.69 Å². The van der Waals surface area contributed by atoms with E-state index < -0.39 is 0 Å². The number of ketones is 1. The van der Waals surface area contributed by atoms with E-state index in [1.54, 1.807) is 19.1 Å². The third-order valence-electron chi connectivity index (χ3n) is 6.68. The average molecular weight is 481 g/mol. The molecule has 0 aliphatic carbocycles. The summed E-state index contributed by atoms with van der Waals surface area (Å²) >= 11 is 0. The van der Waals surface area contributed by atoms with Gasteiger partial charge in [-0.3, -0.25) is 14.4 Å². The fraction of sp³-hybridized carbons (Fsp3) is 0.207. The molecule has 36 heavy (non-hydrogen) atoms. The largest absolute Gasteiger partial charge is 0.368 e. The Morgan fingerprint density at radius 1 is 0.806 bits per heavy atom. The van der Waals surface area contributed by atoms with Crippen LogP contribution in [-0.2, 0) is 0 Å². The van der Waals surface area contributed by atoms with Gasteiger partial charge in [-0.15, -0.1) is 0 Å². The van der Waals surface area contributed by atoms with Gasteiger partial charge in [0.2, 0.25) is 0 Å². The molecule has 182 valence electrons. The maximum absolute atomic E-state index is 13.6. The van der Waals surface area contributed by atoms with Crippen molar-refractivity contribution in [3.05, 3.63) is 95.2 Å². The molecule has 5 rings (SSSR count). The van der Waals surface area contributed by atoms with Crippen molar-refractivity contribution in [3.63, 3.8) is 0 Å². The van der Waals surface area contributed by atoms with Crippen molar-refractivity contribution >= 4 is 39.9 Å². The number of carbonyl (C=O) groups excluding carboxylic acids is 3. The summed E-state index contributed by atoms with van der Waals surface area (Å²) in [6.45, 7) is 5.98. The molecule has 1 aliphatic heterocycles. The first kappa shape index (κ1) is 23.4. The first-order chi connectivity index (χ1) is 17.4. The number of anilines is 2. The summed E-state index contributed by atoms with van der Waals surface area (Å²) in [5.41, 5.74) is 5.01. The van der Waals surface area contributed by atoms with Crippen molar-refractivity contribution in [1.82, 2.24) is 9.88 Å². The lowest BCUT2D eigenvalue weighted by Gasteiger charge is -2.36. The molecule has 0 unspecified atom stereocenters. The molecule has 1 fully saturated rings. The summed E-state index contributed by atoms with van der Waals surface area (Å²) in [7, 11) is 0. The molecule has 4 aromatic rings. The van der Waals surface area contributed by atoms with Crippen LogP contribution in [0.2, 0.25) is 0 Å². The van der Waals surface area contributed by atoms with Crippen molar-refractivity contribution in [1.29, 1.82) is 0 Å². The molecule has 7 nitrogen and oxygen atoms in total. The second kappa shape index (κ2) is 9.70. The van der Waals surface area contributed by atoms with Gasteiger partial charge < -0.3 is 20.1 Å². The standard InChI is InChI=1S/C29H28N4O3/c1-19-7-9-22(10-8-19)28(35)31-26-24-5-3-4-6-25(24)30-27(26)29(36)33-17-15-32(16-18-33)23-13-11-21(12-14-23)20(2)34/h3-14,30H,15-18H2,1-2H3,(H,31,35). The Morgan fingerprint density at radius 3 is 2.11 bits per heavy atom. The number of H-pyrrole nitrogens is 1. The zero-order chi connectivity index (χ0) is 25.2. The van der Waals surface area contributed by atoms with Crippen LogP contribution in [0.5, 0.6) is 0 Å². The van der Waals surface area contributed by atoms with E-state index in [1.165, 1.54) is 0 Å². The smallest absolute Gasteiger partial charge is 0.272 e. The zero-order valence-corrected chi connectivity index (χ0v) is 20.4. The first-order valence-electron chi connectivity index (χ1n) is 12.0. The molecule has 1 aliphatic rings. The number of hydrogen-bond acceptors (Lipinski definition) is 4. The van der Waals surface area contributed by atoms with Gasteiger partial charge in [0.05, 0.1) is 5.69 Å². The number of nitrogens with one attached hydrogen (secondary N) is 2. The molecule has 1 aromatic heterocycles. The molecule has 1 saturated heterocycles. The van der Waals surface area contributed by atoms with Gasteiger partial charge in [-0.1, -0.05) is 35.9 Å². The van der Waals surface area contributed by atoms with Crippen molar-refractivity contribution in [2.45, 2.75) is 13.8 Å². The number of aromatic nitrogens is 1. The third kappa shape index (κ3) is 4.60. The van der Waals surface area contributed by atoms with Gasteiger partial charge in [-0.25, -0.2) is 0 Å². The lowest BCUT2D eigenvalue weighted by molar-refractivity contribution is 0.0742. The first-order valence-corrected chi connectivity index (χ1v) is 12.0. The molecule has 7 heteroatoms. The van der Waals surface area contributed by atoms with Crippen molar-refractivity contribution in [3.8, 4) is 0 Å². The Labute approximate surface area is 209 Å². The number of aromatic amines is 1. The molecule has 0 saturated carbocycles. The highest BCUT2D eigenvalue weighted by atomic mass is 16.2. The minimum Gasteiger partial charge on any atom is -0.368 e. The highest BCUT2D eigenvalue weighted by Gasteiger charge is 2.27. The Kier molecular flexibility index (Phi) is 6.29. The second-order valence-electron chi connectivity index (χ2n) is 9.12. The minimum atomic E-state index is -0.257. The molecule has 0 spiro atoms. The Balaban J connectivity index is 1.35. The highest BCUT2D eigenvalue weighted by Crippen LogP contribution is 2.30. The van der Waals surface area contributed by atoms with E-state index in [4.69, 9.17) is 0 Å². The molecular formula is C29H28N4O3. The topological polar surface area (TPSA) is 85.5 Å². The number of hydrogen-bond donors (Lipinski definition) is 2. The maximum Gasteiger partial charge on any atom is 0.272 e. The predicted octanol–water partition coefficient (Wildman–Crippen LogP) is 4.89. The number of piperazine rings is 1. The summed E-state index contributed by atoms with van der Waals surface area (Å²) in [6.07, 6.45) is 0. The lowest BCUT2D eigenvalue weighted by atomic mass is 10.1. The van der Waals surface area contributed by atoms with E-state index in [2.05, 4.69) is 15.2 Å². The van der Waals surface area contributed by atoms with Crippen molar-refractivity contribution < 1.29 is 14.4 Å². The fourth-order valence-corrected chi connectivity index (χ4v) is 4.56. The number of rotatable bonds is 5. The zero-order valence-electron chi connectivity index (χ0n) is 20.4. The van der Waals surface area contributed by atoms with E-state index in [0.29, 0.717) is 48.7 Å². The highest BCUT2D eigenvalue weighted by molar-refractivity contribution is 6.15. The molecule has 2 N–H and O–H groups in total. The van der Waals surface area contributed by atoms with Gasteiger partial charge in [0, 0.05) is 53.9 Å². The fourth-order valence-electron chi connectivity index (χ4n) is 4.56. The number of nitrogens with zero attached hydrogens (tertiary/aromatic N) is 2. The summed E-state index contributed by atoms with van der Waals surface area (Å²) in [5.74, 6) is -0.356. The van der Waals surface area contributed by atoms with Crippen LogP contribution in [0, 0.1) is 6.92 Å². The number of carbonyl (C=O) groups is 3. The number of Topliss-reactive ketones (excluding diaryl/α,β-unsaturated/α-hetero) is 1. The van der Waals surface area contributed by atoms with Crippen LogP contribution in [-0.4, -0.2) is 53.7 Å². The van der Waals surface area contributed by atoms with Crippen molar-refractivity contribution in [2.24, 2.45) is 0 Å². The summed E-state index contributed by atoms with van der Waals surface area (Å²) in [5, 5.41) is 3.78.